The van der Waals surface area contributed by atoms with E-state index in [-0.39, 0.29) is 0 Å². The van der Waals surface area contributed by atoms with Crippen LogP contribution in [0.4, 0.5) is 5.69 Å². The Morgan fingerprint density at radius 1 is 0.947 bits per heavy atom. The van der Waals surface area contributed by atoms with Crippen LogP contribution in [0, 0.1) is 0 Å². The number of aromatic carboxylic acids is 1. The highest BCUT2D eigenvalue weighted by Crippen LogP contribution is 2.47. The van der Waals surface area contributed by atoms with Gasteiger partial charge in [0.2, 0.25) is 0 Å². The van der Waals surface area contributed by atoms with Crippen LogP contribution in [0.15, 0.2) is 36.4 Å². The summed E-state index contributed by atoms with van der Waals surface area (Å²) in [5, 5.41) is 11.7. The number of rotatable bonds is 6. The number of nitrogens with zero attached hydrogens (tertiary/aromatic N) is 3. The molecule has 1 aromatic heterocycles. The van der Waals surface area contributed by atoms with E-state index in [1.54, 1.807) is 6.07 Å². The van der Waals surface area contributed by atoms with Gasteiger partial charge in [-0.2, -0.15) is 0 Å². The van der Waals surface area contributed by atoms with Gasteiger partial charge in [-0.1, -0.05) is 36.9 Å². The number of aromatic nitrogens is 1. The summed E-state index contributed by atoms with van der Waals surface area (Å²) in [6, 6.07) is 12.1. The Hall–Kier alpha value is -2.54. The lowest BCUT2D eigenvalue weighted by atomic mass is 9.81. The molecule has 0 amide bonds. The normalized spacial score (nSPS) is 19.1. The molecule has 0 radical (unpaired) electrons. The van der Waals surface area contributed by atoms with Crippen LogP contribution in [-0.4, -0.2) is 66.5 Å². The third-order valence-electron chi connectivity index (χ3n) is 8.73. The monoisotopic (exact) mass is 535 g/mol. The molecule has 0 spiro atoms. The van der Waals surface area contributed by atoms with E-state index in [0.717, 1.165) is 75.9 Å². The Labute approximate surface area is 230 Å². The highest BCUT2D eigenvalue weighted by molar-refractivity contribution is 6.31. The first-order valence-corrected chi connectivity index (χ1v) is 14.7. The van der Waals surface area contributed by atoms with Gasteiger partial charge in [-0.05, 0) is 74.0 Å². The lowest BCUT2D eigenvalue weighted by molar-refractivity contribution is 0.0697. The molecule has 3 heterocycles. The second kappa shape index (κ2) is 11.3. The lowest BCUT2D eigenvalue weighted by Crippen LogP contribution is -2.32. The van der Waals surface area contributed by atoms with E-state index in [9.17, 15) is 9.90 Å². The molecule has 1 saturated carbocycles. The van der Waals surface area contributed by atoms with Crippen molar-refractivity contribution in [1.29, 1.82) is 0 Å². The number of hydrogen-bond acceptors (Lipinski definition) is 4. The molecule has 6 rings (SSSR count). The smallest absolute Gasteiger partial charge is 0.335 e. The van der Waals surface area contributed by atoms with Crippen LogP contribution in [0.5, 0.6) is 0 Å². The summed E-state index contributed by atoms with van der Waals surface area (Å²) < 4.78 is 8.04. The number of ether oxygens (including phenoxy) is 1. The van der Waals surface area contributed by atoms with Crippen molar-refractivity contribution in [3.05, 3.63) is 52.5 Å². The molecule has 0 atom stereocenters. The van der Waals surface area contributed by atoms with Crippen molar-refractivity contribution < 1.29 is 14.6 Å². The minimum atomic E-state index is -0.872. The number of benzene rings is 2. The van der Waals surface area contributed by atoms with Gasteiger partial charge in [0.1, 0.15) is 0 Å². The zero-order valence-electron chi connectivity index (χ0n) is 22.1. The molecule has 0 bridgehead atoms. The Kier molecular flexibility index (Phi) is 7.64. The SMILES string of the molecule is O=C(O)c1ccc2c(C3CCCCC3)c3n(c2c1)CCN(CCCN1CCCOCC1)c1cc(Cl)ccc1-3. The number of carbonyl (C=O) groups is 1. The van der Waals surface area contributed by atoms with E-state index in [0.29, 0.717) is 11.5 Å². The summed E-state index contributed by atoms with van der Waals surface area (Å²) in [6.45, 7) is 7.54. The summed E-state index contributed by atoms with van der Waals surface area (Å²) >= 11 is 6.60. The zero-order valence-corrected chi connectivity index (χ0v) is 22.9. The van der Waals surface area contributed by atoms with Gasteiger partial charge in [0, 0.05) is 66.5 Å². The molecule has 202 valence electrons. The molecule has 1 saturated heterocycles. The third-order valence-corrected chi connectivity index (χ3v) is 8.97. The average molecular weight is 536 g/mol. The van der Waals surface area contributed by atoms with Crippen LogP contribution >= 0.6 is 11.6 Å². The van der Waals surface area contributed by atoms with Crippen LogP contribution < -0.4 is 4.90 Å². The van der Waals surface area contributed by atoms with E-state index in [2.05, 4.69) is 32.6 Å². The molecule has 7 heteroatoms. The van der Waals surface area contributed by atoms with Gasteiger partial charge in [0.15, 0.2) is 0 Å². The number of carboxylic acids is 1. The molecule has 1 N–H and O–H groups in total. The van der Waals surface area contributed by atoms with Gasteiger partial charge < -0.3 is 24.2 Å². The van der Waals surface area contributed by atoms with Crippen molar-refractivity contribution in [1.82, 2.24) is 9.47 Å². The second-order valence-corrected chi connectivity index (χ2v) is 11.5. The van der Waals surface area contributed by atoms with Crippen LogP contribution in [0.3, 0.4) is 0 Å². The predicted octanol–water partition coefficient (Wildman–Crippen LogP) is 6.64. The van der Waals surface area contributed by atoms with Gasteiger partial charge in [0.25, 0.3) is 0 Å². The lowest BCUT2D eigenvalue weighted by Gasteiger charge is -2.27. The van der Waals surface area contributed by atoms with Gasteiger partial charge >= 0.3 is 5.97 Å². The molecule has 0 unspecified atom stereocenters. The maximum absolute atomic E-state index is 11.9. The van der Waals surface area contributed by atoms with E-state index in [4.69, 9.17) is 16.3 Å². The van der Waals surface area contributed by atoms with Crippen molar-refractivity contribution in [2.75, 3.05) is 50.8 Å². The summed E-state index contributed by atoms with van der Waals surface area (Å²) in [4.78, 5) is 16.9. The molecule has 38 heavy (non-hydrogen) atoms. The Bertz CT molecular complexity index is 1310. The number of anilines is 1. The summed E-state index contributed by atoms with van der Waals surface area (Å²) in [7, 11) is 0. The van der Waals surface area contributed by atoms with E-state index in [1.807, 2.05) is 12.1 Å². The van der Waals surface area contributed by atoms with Crippen LogP contribution in [0.25, 0.3) is 22.2 Å². The van der Waals surface area contributed by atoms with Crippen molar-refractivity contribution in [3.63, 3.8) is 0 Å². The first-order chi connectivity index (χ1) is 18.6. The topological polar surface area (TPSA) is 57.9 Å². The highest BCUT2D eigenvalue weighted by atomic mass is 35.5. The summed E-state index contributed by atoms with van der Waals surface area (Å²) in [5.41, 5.74) is 6.51. The molecule has 2 fully saturated rings. The van der Waals surface area contributed by atoms with Gasteiger partial charge in [-0.3, -0.25) is 0 Å². The molecule has 3 aromatic rings. The fourth-order valence-electron chi connectivity index (χ4n) is 6.88. The number of halogens is 1. The highest BCUT2D eigenvalue weighted by Gasteiger charge is 2.30. The van der Waals surface area contributed by atoms with Gasteiger partial charge in [-0.25, -0.2) is 4.79 Å². The van der Waals surface area contributed by atoms with Crippen LogP contribution in [0.1, 0.15) is 66.8 Å². The first-order valence-electron chi connectivity index (χ1n) is 14.3. The Morgan fingerprint density at radius 2 is 1.82 bits per heavy atom. The van der Waals surface area contributed by atoms with Crippen molar-refractivity contribution in [2.45, 2.75) is 57.4 Å². The molecule has 2 aliphatic heterocycles. The van der Waals surface area contributed by atoms with E-state index in [1.165, 1.54) is 60.0 Å². The molecule has 6 nitrogen and oxygen atoms in total. The minimum absolute atomic E-state index is 0.354. The molecule has 3 aliphatic rings. The number of fused-ring (bicyclic) bond motifs is 5. The first kappa shape index (κ1) is 25.7. The fourth-order valence-corrected chi connectivity index (χ4v) is 7.05. The average Bonchev–Trinajstić information content (AvgIpc) is 3.06. The molecular formula is C31H38ClN3O3. The second-order valence-electron chi connectivity index (χ2n) is 11.1. The maximum Gasteiger partial charge on any atom is 0.335 e. The standard InChI is InChI=1S/C31H38ClN3O3/c32-24-9-11-26-27(21-24)34(14-4-12-33-13-5-18-38-19-17-33)15-16-35-28-20-23(31(36)37)8-10-25(28)29(30(26)35)22-6-2-1-3-7-22/h8-11,20-22H,1-7,12-19H2,(H,36,37). The van der Waals surface area contributed by atoms with E-state index < -0.39 is 5.97 Å². The van der Waals surface area contributed by atoms with E-state index >= 15 is 0 Å². The largest absolute Gasteiger partial charge is 0.478 e. The number of carboxylic acid groups (broad SMARTS) is 1. The predicted molar refractivity (Wildman–Crippen MR) is 154 cm³/mol. The zero-order chi connectivity index (χ0) is 26.1. The van der Waals surface area contributed by atoms with Crippen LogP contribution in [0.2, 0.25) is 5.02 Å². The van der Waals surface area contributed by atoms with Crippen LogP contribution in [-0.2, 0) is 11.3 Å². The minimum Gasteiger partial charge on any atom is -0.478 e. The molecular weight excluding hydrogens is 498 g/mol. The van der Waals surface area contributed by atoms with Gasteiger partial charge in [0.05, 0.1) is 17.9 Å². The molecule has 2 aromatic carbocycles. The van der Waals surface area contributed by atoms with Crippen molar-refractivity contribution in [3.8, 4) is 11.3 Å². The Balaban J connectivity index is 1.40. The Morgan fingerprint density at radius 3 is 2.66 bits per heavy atom. The molecule has 1 aliphatic carbocycles. The van der Waals surface area contributed by atoms with Gasteiger partial charge in [-0.15, -0.1) is 0 Å². The summed E-state index contributed by atoms with van der Waals surface area (Å²) in [5.74, 6) is -0.374. The fraction of sp³-hybridized carbons (Fsp3) is 0.516. The summed E-state index contributed by atoms with van der Waals surface area (Å²) in [6.07, 6.45) is 8.39. The quantitative estimate of drug-likeness (QED) is 0.383. The van der Waals surface area contributed by atoms with Crippen molar-refractivity contribution in [2.24, 2.45) is 0 Å². The number of hydrogen-bond donors (Lipinski definition) is 1. The van der Waals surface area contributed by atoms with Crippen molar-refractivity contribution >= 4 is 34.2 Å². The third kappa shape index (κ3) is 5.06. The maximum atomic E-state index is 11.9.